The van der Waals surface area contributed by atoms with Gasteiger partial charge in [0.05, 0.1) is 25.4 Å². The Morgan fingerprint density at radius 1 is 1.03 bits per heavy atom. The summed E-state index contributed by atoms with van der Waals surface area (Å²) in [5.41, 5.74) is 6.91. The molecule has 178 valence electrons. The molecule has 1 atom stereocenters. The number of amides is 2. The number of hydrogen-bond donors (Lipinski definition) is 1. The van der Waals surface area contributed by atoms with E-state index in [1.54, 1.807) is 7.11 Å². The summed E-state index contributed by atoms with van der Waals surface area (Å²) < 4.78 is 7.70. The van der Waals surface area contributed by atoms with Gasteiger partial charge in [0.1, 0.15) is 10.8 Å². The molecule has 4 aromatic rings. The van der Waals surface area contributed by atoms with Crippen LogP contribution in [0.3, 0.4) is 0 Å². The Morgan fingerprint density at radius 3 is 2.74 bits per heavy atom. The van der Waals surface area contributed by atoms with Crippen LogP contribution in [0.5, 0.6) is 5.75 Å². The van der Waals surface area contributed by atoms with Gasteiger partial charge in [-0.15, -0.1) is 11.3 Å². The summed E-state index contributed by atoms with van der Waals surface area (Å²) in [6.45, 7) is 2.68. The number of nitrogens with zero attached hydrogens (tertiary/aromatic N) is 2. The van der Waals surface area contributed by atoms with Crippen LogP contribution in [0.2, 0.25) is 0 Å². The average molecular weight is 484 g/mol. The van der Waals surface area contributed by atoms with E-state index < -0.39 is 0 Å². The average Bonchev–Trinajstić information content (AvgIpc) is 3.46. The number of carbonyl (C=O) groups excluding carboxylic acids is 1. The minimum atomic E-state index is -0.200. The molecule has 1 aliphatic heterocycles. The normalized spacial score (nSPS) is 16.6. The van der Waals surface area contributed by atoms with Crippen LogP contribution in [0.4, 0.5) is 10.5 Å². The lowest BCUT2D eigenvalue weighted by Crippen LogP contribution is -2.38. The van der Waals surface area contributed by atoms with E-state index in [1.165, 1.54) is 39.4 Å². The first kappa shape index (κ1) is 22.0. The maximum Gasteiger partial charge on any atom is 0.322 e. The summed E-state index contributed by atoms with van der Waals surface area (Å²) in [5.74, 6) is 0.719. The minimum Gasteiger partial charge on any atom is -0.497 e. The van der Waals surface area contributed by atoms with Gasteiger partial charge >= 0.3 is 6.03 Å². The molecule has 2 aromatic heterocycles. The van der Waals surface area contributed by atoms with Gasteiger partial charge in [0.2, 0.25) is 0 Å². The number of anilines is 1. The predicted octanol–water partition coefficient (Wildman–Crippen LogP) is 6.87. The molecule has 5 nitrogen and oxygen atoms in total. The van der Waals surface area contributed by atoms with Crippen molar-refractivity contribution >= 4 is 23.1 Å². The fraction of sp³-hybridized carbons (Fsp3) is 0.276. The Balaban J connectivity index is 1.49. The molecular weight excluding hydrogens is 454 g/mol. The van der Waals surface area contributed by atoms with Gasteiger partial charge in [-0.3, -0.25) is 0 Å². The van der Waals surface area contributed by atoms with E-state index in [1.807, 2.05) is 40.5 Å². The largest absolute Gasteiger partial charge is 0.497 e. The van der Waals surface area contributed by atoms with E-state index in [4.69, 9.17) is 4.74 Å². The maximum atomic E-state index is 14.0. The number of thiophene rings is 1. The van der Waals surface area contributed by atoms with Crippen LogP contribution in [0.1, 0.15) is 51.7 Å². The highest BCUT2D eigenvalue weighted by atomic mass is 32.1. The van der Waals surface area contributed by atoms with Crippen molar-refractivity contribution in [3.63, 3.8) is 0 Å². The van der Waals surface area contributed by atoms with Crippen molar-refractivity contribution in [3.8, 4) is 10.8 Å². The number of urea groups is 1. The Morgan fingerprint density at radius 2 is 1.89 bits per heavy atom. The highest BCUT2D eigenvalue weighted by Gasteiger charge is 2.36. The second-order valence-corrected chi connectivity index (χ2v) is 10.5. The lowest BCUT2D eigenvalue weighted by Gasteiger charge is -2.31. The van der Waals surface area contributed by atoms with Gasteiger partial charge in [-0.25, -0.2) is 4.79 Å². The molecule has 0 fully saturated rings. The SMILES string of the molecule is COc1cccc(NC(=O)N2Cc3c(sc4c3CCCC4)-n3cccc3[C@H]2c2cccc(C)c2)c1. The quantitative estimate of drug-likeness (QED) is 0.346. The molecule has 35 heavy (non-hydrogen) atoms. The Hall–Kier alpha value is -3.51. The first-order valence-corrected chi connectivity index (χ1v) is 13.0. The Bertz CT molecular complexity index is 1400. The molecule has 2 aliphatic rings. The van der Waals surface area contributed by atoms with Crippen molar-refractivity contribution in [1.29, 1.82) is 0 Å². The van der Waals surface area contributed by atoms with Gasteiger partial charge in [-0.05, 0) is 68.0 Å². The number of carbonyl (C=O) groups is 1. The number of fused-ring (bicyclic) bond motifs is 5. The van der Waals surface area contributed by atoms with Crippen molar-refractivity contribution in [2.24, 2.45) is 0 Å². The number of nitrogens with one attached hydrogen (secondary N) is 1. The molecule has 0 bridgehead atoms. The van der Waals surface area contributed by atoms with Crippen LogP contribution in [-0.4, -0.2) is 22.6 Å². The fourth-order valence-electron chi connectivity index (χ4n) is 5.47. The monoisotopic (exact) mass is 483 g/mol. The van der Waals surface area contributed by atoms with Crippen LogP contribution in [0.25, 0.3) is 5.00 Å². The number of methoxy groups -OCH3 is 1. The molecule has 0 spiro atoms. The van der Waals surface area contributed by atoms with Crippen LogP contribution in [-0.2, 0) is 19.4 Å². The second-order valence-electron chi connectivity index (χ2n) is 9.40. The predicted molar refractivity (Wildman–Crippen MR) is 141 cm³/mol. The van der Waals surface area contributed by atoms with Gasteiger partial charge in [0.15, 0.2) is 0 Å². The number of ether oxygens (including phenoxy) is 1. The van der Waals surface area contributed by atoms with Crippen LogP contribution < -0.4 is 10.1 Å². The summed E-state index contributed by atoms with van der Waals surface area (Å²) in [5, 5.41) is 4.43. The molecule has 0 saturated carbocycles. The molecule has 0 radical (unpaired) electrons. The molecule has 2 amide bonds. The standard InChI is InChI=1S/C29H29N3O2S/c1-19-8-5-9-20(16-19)27-25-13-7-15-31(25)28-24(23-12-3-4-14-26(23)35-28)18-32(27)29(33)30-21-10-6-11-22(17-21)34-2/h5-11,13,15-17,27H,3-4,12,14,18H2,1-2H3,(H,30,33)/t27-/m1/s1. The number of rotatable bonds is 3. The third-order valence-electron chi connectivity index (χ3n) is 7.12. The van der Waals surface area contributed by atoms with Crippen molar-refractivity contribution < 1.29 is 9.53 Å². The summed E-state index contributed by atoms with van der Waals surface area (Å²) >= 11 is 1.91. The lowest BCUT2D eigenvalue weighted by molar-refractivity contribution is 0.194. The zero-order chi connectivity index (χ0) is 23.9. The molecular formula is C29H29N3O2S. The van der Waals surface area contributed by atoms with Crippen molar-refractivity contribution in [3.05, 3.63) is 99.7 Å². The molecule has 3 heterocycles. The highest BCUT2D eigenvalue weighted by Crippen LogP contribution is 2.44. The molecule has 6 heteroatoms. The van der Waals surface area contributed by atoms with Crippen molar-refractivity contribution in [2.75, 3.05) is 12.4 Å². The third kappa shape index (κ3) is 3.92. The molecule has 1 aliphatic carbocycles. The van der Waals surface area contributed by atoms with Crippen LogP contribution in [0.15, 0.2) is 66.9 Å². The number of hydrogen-bond acceptors (Lipinski definition) is 3. The zero-order valence-electron chi connectivity index (χ0n) is 20.1. The minimum absolute atomic E-state index is 0.110. The Kier molecular flexibility index (Phi) is 5.61. The summed E-state index contributed by atoms with van der Waals surface area (Å²) in [6.07, 6.45) is 6.85. The van der Waals surface area contributed by atoms with Gasteiger partial charge in [-0.1, -0.05) is 35.9 Å². The van der Waals surface area contributed by atoms with E-state index in [-0.39, 0.29) is 12.1 Å². The first-order valence-electron chi connectivity index (χ1n) is 12.2. The topological polar surface area (TPSA) is 46.5 Å². The number of aromatic nitrogens is 1. The number of aryl methyl sites for hydroxylation is 2. The third-order valence-corrected chi connectivity index (χ3v) is 8.45. The highest BCUT2D eigenvalue weighted by molar-refractivity contribution is 7.15. The molecule has 1 N–H and O–H groups in total. The van der Waals surface area contributed by atoms with Crippen LogP contribution >= 0.6 is 11.3 Å². The Labute approximate surface area is 210 Å². The number of benzene rings is 2. The summed E-state index contributed by atoms with van der Waals surface area (Å²) in [7, 11) is 1.64. The first-order chi connectivity index (χ1) is 17.1. The van der Waals surface area contributed by atoms with E-state index in [2.05, 4.69) is 59.4 Å². The fourth-order valence-corrected chi connectivity index (χ4v) is 6.88. The van der Waals surface area contributed by atoms with Crippen molar-refractivity contribution in [1.82, 2.24) is 9.47 Å². The summed E-state index contributed by atoms with van der Waals surface area (Å²) in [4.78, 5) is 17.5. The van der Waals surface area contributed by atoms with Crippen molar-refractivity contribution in [2.45, 2.75) is 45.2 Å². The van der Waals surface area contributed by atoms with E-state index in [0.29, 0.717) is 6.54 Å². The van der Waals surface area contributed by atoms with Gasteiger partial charge in [0.25, 0.3) is 0 Å². The zero-order valence-corrected chi connectivity index (χ0v) is 20.9. The van der Waals surface area contributed by atoms with E-state index in [9.17, 15) is 4.79 Å². The van der Waals surface area contributed by atoms with E-state index in [0.717, 1.165) is 35.5 Å². The molecule has 6 rings (SSSR count). The smallest absolute Gasteiger partial charge is 0.322 e. The second kappa shape index (κ2) is 8.93. The lowest BCUT2D eigenvalue weighted by atomic mass is 9.95. The van der Waals surface area contributed by atoms with Gasteiger partial charge in [-0.2, -0.15) is 0 Å². The van der Waals surface area contributed by atoms with E-state index >= 15 is 0 Å². The van der Waals surface area contributed by atoms with Gasteiger partial charge < -0.3 is 19.5 Å². The molecule has 2 aromatic carbocycles. The maximum absolute atomic E-state index is 14.0. The van der Waals surface area contributed by atoms with Crippen LogP contribution in [0, 0.1) is 6.92 Å². The molecule has 0 saturated heterocycles. The summed E-state index contributed by atoms with van der Waals surface area (Å²) in [6, 6.07) is 20.0. The molecule has 0 unspecified atom stereocenters. The van der Waals surface area contributed by atoms with Gasteiger partial charge in [0, 0.05) is 28.4 Å².